The molecule has 3 nitrogen and oxygen atoms in total. The van der Waals surface area contributed by atoms with Crippen LogP contribution in [-0.2, 0) is 6.42 Å². The van der Waals surface area contributed by atoms with Crippen LogP contribution in [0.4, 0.5) is 0 Å². The van der Waals surface area contributed by atoms with Gasteiger partial charge in [-0.25, -0.2) is 4.79 Å². The molecule has 1 rings (SSSR count). The number of hydrogen-bond acceptors (Lipinski definition) is 2. The van der Waals surface area contributed by atoms with E-state index in [1.54, 1.807) is 6.07 Å². The minimum atomic E-state index is -1.07. The van der Waals surface area contributed by atoms with E-state index >= 15 is 0 Å². The van der Waals surface area contributed by atoms with E-state index in [0.717, 1.165) is 10.0 Å². The highest BCUT2D eigenvalue weighted by molar-refractivity contribution is 9.10. The van der Waals surface area contributed by atoms with Crippen LogP contribution < -0.4 is 0 Å². The molecule has 0 atom stereocenters. The monoisotopic (exact) mass is 253 g/mol. The van der Waals surface area contributed by atoms with Crippen LogP contribution >= 0.6 is 15.9 Å². The quantitative estimate of drug-likeness (QED) is 0.882. The van der Waals surface area contributed by atoms with Crippen LogP contribution in [0.3, 0.4) is 0 Å². The molecule has 0 amide bonds. The molecule has 72 valence electrons. The Balaban J connectivity index is 3.50. The fraction of sp³-hybridized carbons (Fsp3) is 0.200. The smallest absolute Gasteiger partial charge is 0.337 e. The molecule has 0 saturated heterocycles. The molecule has 4 heteroatoms. The molecule has 0 spiro atoms. The maximum absolute atomic E-state index is 10.8. The Labute approximate surface area is 90.1 Å². The highest BCUT2D eigenvalue weighted by Gasteiger charge is 2.14. The first-order valence-electron chi connectivity index (χ1n) is 4.06. The molecular weight excluding hydrogens is 246 g/mol. The number of aromatic carboxylic acids is 1. The first-order chi connectivity index (χ1) is 6.61. The van der Waals surface area contributed by atoms with Gasteiger partial charge in [0.15, 0.2) is 0 Å². The van der Waals surface area contributed by atoms with Gasteiger partial charge in [0, 0.05) is 4.47 Å². The second kappa shape index (κ2) is 4.25. The van der Waals surface area contributed by atoms with Crippen molar-refractivity contribution >= 4 is 21.9 Å². The Bertz CT molecular complexity index is 421. The SMILES string of the molecule is CCc1c(Br)ccc(C(=O)O)c1C#N. The molecule has 0 fully saturated rings. The molecule has 0 saturated carbocycles. The molecule has 0 radical (unpaired) electrons. The molecule has 0 aliphatic carbocycles. The van der Waals surface area contributed by atoms with Crippen molar-refractivity contribution in [2.24, 2.45) is 0 Å². The third-order valence-corrected chi connectivity index (χ3v) is 2.69. The van der Waals surface area contributed by atoms with Crippen molar-refractivity contribution in [2.75, 3.05) is 0 Å². The maximum atomic E-state index is 10.8. The van der Waals surface area contributed by atoms with Gasteiger partial charge < -0.3 is 5.11 Å². The summed E-state index contributed by atoms with van der Waals surface area (Å²) in [7, 11) is 0. The molecule has 1 N–H and O–H groups in total. The van der Waals surface area contributed by atoms with Crippen LogP contribution in [0.1, 0.15) is 28.4 Å². The molecule has 0 bridgehead atoms. The lowest BCUT2D eigenvalue weighted by Gasteiger charge is -2.06. The molecule has 0 aliphatic rings. The Kier molecular flexibility index (Phi) is 3.26. The molecule has 0 aliphatic heterocycles. The summed E-state index contributed by atoms with van der Waals surface area (Å²) in [5, 5.41) is 17.7. The standard InChI is InChI=1S/C10H8BrNO2/c1-2-6-8(5-12)7(10(13)14)3-4-9(6)11/h3-4H,2H2,1H3,(H,13,14). The zero-order valence-electron chi connectivity index (χ0n) is 7.54. The van der Waals surface area contributed by atoms with E-state index in [2.05, 4.69) is 15.9 Å². The number of rotatable bonds is 2. The van der Waals surface area contributed by atoms with Gasteiger partial charge in [0.25, 0.3) is 0 Å². The molecule has 0 unspecified atom stereocenters. The van der Waals surface area contributed by atoms with Crippen molar-refractivity contribution in [1.82, 2.24) is 0 Å². The minimum Gasteiger partial charge on any atom is -0.478 e. The summed E-state index contributed by atoms with van der Waals surface area (Å²) in [4.78, 5) is 10.8. The number of carboxylic acids is 1. The number of hydrogen-bond donors (Lipinski definition) is 1. The molecule has 1 aromatic carbocycles. The largest absolute Gasteiger partial charge is 0.478 e. The van der Waals surface area contributed by atoms with Gasteiger partial charge in [-0.2, -0.15) is 5.26 Å². The van der Waals surface area contributed by atoms with Crippen LogP contribution in [0.25, 0.3) is 0 Å². The second-order valence-electron chi connectivity index (χ2n) is 2.72. The van der Waals surface area contributed by atoms with Crippen molar-refractivity contribution in [3.63, 3.8) is 0 Å². The topological polar surface area (TPSA) is 61.1 Å². The molecule has 14 heavy (non-hydrogen) atoms. The van der Waals surface area contributed by atoms with Gasteiger partial charge in [-0.3, -0.25) is 0 Å². The van der Waals surface area contributed by atoms with Crippen LogP contribution in [0, 0.1) is 11.3 Å². The average molecular weight is 254 g/mol. The molecule has 0 aromatic heterocycles. The number of carbonyl (C=O) groups is 1. The van der Waals surface area contributed by atoms with Gasteiger partial charge in [0.05, 0.1) is 11.1 Å². The molecule has 0 heterocycles. The van der Waals surface area contributed by atoms with Gasteiger partial charge in [0.1, 0.15) is 6.07 Å². The van der Waals surface area contributed by atoms with E-state index in [-0.39, 0.29) is 11.1 Å². The normalized spacial score (nSPS) is 9.50. The van der Waals surface area contributed by atoms with Crippen LogP contribution in [0.5, 0.6) is 0 Å². The Hall–Kier alpha value is -1.34. The Morgan fingerprint density at radius 2 is 2.29 bits per heavy atom. The fourth-order valence-electron chi connectivity index (χ4n) is 1.27. The van der Waals surface area contributed by atoms with E-state index in [9.17, 15) is 4.79 Å². The van der Waals surface area contributed by atoms with E-state index in [1.807, 2.05) is 13.0 Å². The van der Waals surface area contributed by atoms with Crippen molar-refractivity contribution in [2.45, 2.75) is 13.3 Å². The first-order valence-corrected chi connectivity index (χ1v) is 4.85. The lowest BCUT2D eigenvalue weighted by Crippen LogP contribution is -2.03. The summed E-state index contributed by atoms with van der Waals surface area (Å²) >= 11 is 3.29. The summed E-state index contributed by atoms with van der Waals surface area (Å²) in [5.74, 6) is -1.07. The van der Waals surface area contributed by atoms with E-state index < -0.39 is 5.97 Å². The predicted molar refractivity (Wildman–Crippen MR) is 55.2 cm³/mol. The summed E-state index contributed by atoms with van der Waals surface area (Å²) in [6, 6.07) is 5.02. The van der Waals surface area contributed by atoms with Crippen molar-refractivity contribution < 1.29 is 9.90 Å². The highest BCUT2D eigenvalue weighted by atomic mass is 79.9. The highest BCUT2D eigenvalue weighted by Crippen LogP contribution is 2.24. The molecule has 1 aromatic rings. The van der Waals surface area contributed by atoms with Gasteiger partial charge in [0.2, 0.25) is 0 Å². The average Bonchev–Trinajstić information content (AvgIpc) is 2.16. The van der Waals surface area contributed by atoms with Crippen molar-refractivity contribution in [1.29, 1.82) is 5.26 Å². The van der Waals surface area contributed by atoms with E-state index in [0.29, 0.717) is 6.42 Å². The third kappa shape index (κ3) is 1.78. The zero-order valence-corrected chi connectivity index (χ0v) is 9.13. The summed E-state index contributed by atoms with van der Waals surface area (Å²) in [5.41, 5.74) is 1.05. The summed E-state index contributed by atoms with van der Waals surface area (Å²) in [6.07, 6.45) is 0.630. The van der Waals surface area contributed by atoms with Crippen molar-refractivity contribution in [3.05, 3.63) is 33.3 Å². The minimum absolute atomic E-state index is 0.0625. The van der Waals surface area contributed by atoms with Crippen LogP contribution in [0.15, 0.2) is 16.6 Å². The third-order valence-electron chi connectivity index (χ3n) is 1.95. The van der Waals surface area contributed by atoms with Gasteiger partial charge in [-0.05, 0) is 24.1 Å². The van der Waals surface area contributed by atoms with Crippen LogP contribution in [0.2, 0.25) is 0 Å². The van der Waals surface area contributed by atoms with Crippen LogP contribution in [-0.4, -0.2) is 11.1 Å². The molecular formula is C10H8BrNO2. The van der Waals surface area contributed by atoms with E-state index in [4.69, 9.17) is 10.4 Å². The number of carboxylic acid groups (broad SMARTS) is 1. The zero-order chi connectivity index (χ0) is 10.7. The Morgan fingerprint density at radius 3 is 2.71 bits per heavy atom. The van der Waals surface area contributed by atoms with E-state index in [1.165, 1.54) is 6.07 Å². The van der Waals surface area contributed by atoms with Gasteiger partial charge in [-0.15, -0.1) is 0 Å². The van der Waals surface area contributed by atoms with Gasteiger partial charge in [-0.1, -0.05) is 22.9 Å². The number of benzene rings is 1. The number of nitrogens with zero attached hydrogens (tertiary/aromatic N) is 1. The lowest BCUT2D eigenvalue weighted by molar-refractivity contribution is 0.0696. The number of nitriles is 1. The Morgan fingerprint density at radius 1 is 1.64 bits per heavy atom. The fourth-order valence-corrected chi connectivity index (χ4v) is 1.88. The predicted octanol–water partition coefficient (Wildman–Crippen LogP) is 2.58. The second-order valence-corrected chi connectivity index (χ2v) is 3.57. The number of halogens is 1. The summed E-state index contributed by atoms with van der Waals surface area (Å²) in [6.45, 7) is 1.88. The lowest BCUT2D eigenvalue weighted by atomic mass is 10.0. The summed E-state index contributed by atoms with van der Waals surface area (Å²) < 4.78 is 0.779. The van der Waals surface area contributed by atoms with Gasteiger partial charge >= 0.3 is 5.97 Å². The van der Waals surface area contributed by atoms with Crippen molar-refractivity contribution in [3.8, 4) is 6.07 Å². The first kappa shape index (κ1) is 10.7. The maximum Gasteiger partial charge on any atom is 0.337 e.